The van der Waals surface area contributed by atoms with Gasteiger partial charge < -0.3 is 15.0 Å². The molecule has 1 aromatic carbocycles. The molecule has 7 heteroatoms. The molecule has 0 spiro atoms. The molecule has 0 unspecified atom stereocenters. The SMILES string of the molecule is Cc1ccc(NC(=O)COC(=O)C2CCN(C(=O)C(C)(C)C)CC2)c(Br)c1. The maximum atomic E-state index is 12.3. The highest BCUT2D eigenvalue weighted by Crippen LogP contribution is 2.25. The Bertz CT molecular complexity index is 719. The first-order valence-corrected chi connectivity index (χ1v) is 9.89. The lowest BCUT2D eigenvalue weighted by molar-refractivity contribution is -0.155. The number of likely N-dealkylation sites (tertiary alicyclic amines) is 1. The van der Waals surface area contributed by atoms with Crippen molar-refractivity contribution < 1.29 is 19.1 Å². The van der Waals surface area contributed by atoms with E-state index >= 15 is 0 Å². The highest BCUT2D eigenvalue weighted by Gasteiger charge is 2.33. The van der Waals surface area contributed by atoms with Crippen LogP contribution in [0.4, 0.5) is 5.69 Å². The van der Waals surface area contributed by atoms with Crippen molar-refractivity contribution in [1.82, 2.24) is 4.90 Å². The van der Waals surface area contributed by atoms with Gasteiger partial charge in [-0.15, -0.1) is 0 Å². The number of hydrogen-bond donors (Lipinski definition) is 1. The Morgan fingerprint density at radius 1 is 1.22 bits per heavy atom. The molecule has 0 aromatic heterocycles. The zero-order valence-corrected chi connectivity index (χ0v) is 17.9. The topological polar surface area (TPSA) is 75.7 Å². The Kier molecular flexibility index (Phi) is 7.03. The number of aryl methyl sites for hydroxylation is 1. The zero-order chi connectivity index (χ0) is 20.2. The molecule has 1 aromatic rings. The van der Waals surface area contributed by atoms with Crippen LogP contribution in [0.15, 0.2) is 22.7 Å². The average Bonchev–Trinajstić information content (AvgIpc) is 2.61. The molecule has 1 N–H and O–H groups in total. The van der Waals surface area contributed by atoms with Gasteiger partial charge in [-0.1, -0.05) is 26.8 Å². The molecule has 0 aliphatic carbocycles. The van der Waals surface area contributed by atoms with Crippen molar-refractivity contribution in [3.63, 3.8) is 0 Å². The van der Waals surface area contributed by atoms with Crippen LogP contribution in [0.25, 0.3) is 0 Å². The van der Waals surface area contributed by atoms with Crippen LogP contribution in [0.2, 0.25) is 0 Å². The summed E-state index contributed by atoms with van der Waals surface area (Å²) in [5.74, 6) is -0.936. The molecule has 0 atom stereocenters. The molecule has 1 aliphatic heterocycles. The van der Waals surface area contributed by atoms with Gasteiger partial charge in [0.25, 0.3) is 5.91 Å². The number of halogens is 1. The molecular formula is C20H27BrN2O4. The number of ether oxygens (including phenoxy) is 1. The number of amides is 2. The van der Waals surface area contributed by atoms with E-state index in [-0.39, 0.29) is 30.3 Å². The van der Waals surface area contributed by atoms with Gasteiger partial charge in [-0.25, -0.2) is 0 Å². The van der Waals surface area contributed by atoms with Crippen molar-refractivity contribution >= 4 is 39.4 Å². The molecule has 1 heterocycles. The number of benzene rings is 1. The second-order valence-electron chi connectivity index (χ2n) is 7.96. The lowest BCUT2D eigenvalue weighted by Crippen LogP contribution is -2.45. The monoisotopic (exact) mass is 438 g/mol. The number of carbonyl (C=O) groups is 3. The van der Waals surface area contributed by atoms with E-state index < -0.39 is 5.41 Å². The van der Waals surface area contributed by atoms with Crippen LogP contribution in [-0.2, 0) is 19.1 Å². The first-order chi connectivity index (χ1) is 12.6. The second-order valence-corrected chi connectivity index (χ2v) is 8.81. The van der Waals surface area contributed by atoms with E-state index in [9.17, 15) is 14.4 Å². The van der Waals surface area contributed by atoms with Crippen LogP contribution in [0.5, 0.6) is 0 Å². The Morgan fingerprint density at radius 3 is 2.41 bits per heavy atom. The summed E-state index contributed by atoms with van der Waals surface area (Å²) in [5.41, 5.74) is 1.29. The Morgan fingerprint density at radius 2 is 1.85 bits per heavy atom. The van der Waals surface area contributed by atoms with E-state index in [0.29, 0.717) is 31.6 Å². The van der Waals surface area contributed by atoms with E-state index in [1.165, 1.54) is 0 Å². The van der Waals surface area contributed by atoms with Crippen molar-refractivity contribution in [2.75, 3.05) is 25.0 Å². The quantitative estimate of drug-likeness (QED) is 0.729. The molecule has 2 amide bonds. The third-order valence-electron chi connectivity index (χ3n) is 4.50. The first kappa shape index (κ1) is 21.4. The average molecular weight is 439 g/mol. The third kappa shape index (κ3) is 6.06. The van der Waals surface area contributed by atoms with Gasteiger partial charge in [0, 0.05) is 23.0 Å². The van der Waals surface area contributed by atoms with Gasteiger partial charge in [-0.05, 0) is 53.4 Å². The number of piperidine rings is 1. The minimum Gasteiger partial charge on any atom is -0.455 e. The van der Waals surface area contributed by atoms with Gasteiger partial charge in [-0.3, -0.25) is 14.4 Å². The molecule has 0 bridgehead atoms. The normalized spacial score (nSPS) is 15.4. The van der Waals surface area contributed by atoms with Crippen molar-refractivity contribution in [3.8, 4) is 0 Å². The number of carbonyl (C=O) groups excluding carboxylic acids is 3. The summed E-state index contributed by atoms with van der Waals surface area (Å²) in [6.45, 7) is 8.39. The standard InChI is InChI=1S/C20H27BrN2O4/c1-13-5-6-16(15(21)11-13)22-17(24)12-27-18(25)14-7-9-23(10-8-14)19(26)20(2,3)4/h5-6,11,14H,7-10,12H2,1-4H3,(H,22,24). The molecule has 6 nitrogen and oxygen atoms in total. The van der Waals surface area contributed by atoms with Gasteiger partial charge in [0.2, 0.25) is 5.91 Å². The molecule has 1 fully saturated rings. The minimum absolute atomic E-state index is 0.0948. The number of nitrogens with zero attached hydrogens (tertiary/aromatic N) is 1. The van der Waals surface area contributed by atoms with E-state index in [1.807, 2.05) is 39.8 Å². The fraction of sp³-hybridized carbons (Fsp3) is 0.550. The van der Waals surface area contributed by atoms with Gasteiger partial charge in [0.15, 0.2) is 6.61 Å². The Hall–Kier alpha value is -1.89. The van der Waals surface area contributed by atoms with E-state index in [4.69, 9.17) is 4.74 Å². The predicted octanol–water partition coefficient (Wildman–Crippen LogP) is 3.52. The van der Waals surface area contributed by atoms with Crippen LogP contribution in [0.3, 0.4) is 0 Å². The highest BCUT2D eigenvalue weighted by molar-refractivity contribution is 9.10. The first-order valence-electron chi connectivity index (χ1n) is 9.10. The number of rotatable bonds is 4. The zero-order valence-electron chi connectivity index (χ0n) is 16.3. The van der Waals surface area contributed by atoms with Gasteiger partial charge >= 0.3 is 5.97 Å². The smallest absolute Gasteiger partial charge is 0.309 e. The highest BCUT2D eigenvalue weighted by atomic mass is 79.9. The largest absolute Gasteiger partial charge is 0.455 e. The summed E-state index contributed by atoms with van der Waals surface area (Å²) in [6.07, 6.45) is 1.12. The van der Waals surface area contributed by atoms with Crippen LogP contribution < -0.4 is 5.32 Å². The summed E-state index contributed by atoms with van der Waals surface area (Å²) in [4.78, 5) is 38.3. The van der Waals surface area contributed by atoms with E-state index in [0.717, 1.165) is 10.0 Å². The molecule has 27 heavy (non-hydrogen) atoms. The van der Waals surface area contributed by atoms with Crippen LogP contribution in [0, 0.1) is 18.3 Å². The summed E-state index contributed by atoms with van der Waals surface area (Å²) in [5, 5.41) is 2.72. The van der Waals surface area contributed by atoms with Crippen molar-refractivity contribution in [1.29, 1.82) is 0 Å². The van der Waals surface area contributed by atoms with Crippen LogP contribution in [0.1, 0.15) is 39.2 Å². The summed E-state index contributed by atoms with van der Waals surface area (Å²) in [6, 6.07) is 5.58. The summed E-state index contributed by atoms with van der Waals surface area (Å²) < 4.78 is 5.95. The summed E-state index contributed by atoms with van der Waals surface area (Å²) in [7, 11) is 0. The Balaban J connectivity index is 1.78. The second kappa shape index (κ2) is 8.87. The fourth-order valence-corrected chi connectivity index (χ4v) is 3.55. The summed E-state index contributed by atoms with van der Waals surface area (Å²) >= 11 is 3.39. The number of esters is 1. The number of nitrogens with one attached hydrogen (secondary N) is 1. The van der Waals surface area contributed by atoms with Crippen molar-refractivity contribution in [2.45, 2.75) is 40.5 Å². The van der Waals surface area contributed by atoms with Gasteiger partial charge in [0.1, 0.15) is 0 Å². The van der Waals surface area contributed by atoms with Gasteiger partial charge in [-0.2, -0.15) is 0 Å². The molecule has 0 saturated carbocycles. The Labute approximate surface area is 168 Å². The lowest BCUT2D eigenvalue weighted by atomic mass is 9.91. The molecule has 2 rings (SSSR count). The molecule has 0 radical (unpaired) electrons. The lowest BCUT2D eigenvalue weighted by Gasteiger charge is -2.34. The maximum absolute atomic E-state index is 12.3. The maximum Gasteiger partial charge on any atom is 0.309 e. The third-order valence-corrected chi connectivity index (χ3v) is 5.16. The molecule has 1 saturated heterocycles. The van der Waals surface area contributed by atoms with E-state index in [1.54, 1.807) is 11.0 Å². The molecule has 148 valence electrons. The van der Waals surface area contributed by atoms with Crippen molar-refractivity contribution in [2.24, 2.45) is 11.3 Å². The minimum atomic E-state index is -0.421. The van der Waals surface area contributed by atoms with Gasteiger partial charge in [0.05, 0.1) is 11.6 Å². The van der Waals surface area contributed by atoms with Crippen molar-refractivity contribution in [3.05, 3.63) is 28.2 Å². The van der Waals surface area contributed by atoms with Crippen LogP contribution >= 0.6 is 15.9 Å². The fourth-order valence-electron chi connectivity index (χ4n) is 2.95. The predicted molar refractivity (Wildman–Crippen MR) is 107 cm³/mol. The molecule has 1 aliphatic rings. The van der Waals surface area contributed by atoms with Crippen LogP contribution in [-0.4, -0.2) is 42.4 Å². The molecular weight excluding hydrogens is 412 g/mol. The number of hydrogen-bond acceptors (Lipinski definition) is 4. The number of anilines is 1. The van der Waals surface area contributed by atoms with E-state index in [2.05, 4.69) is 21.2 Å².